The van der Waals surface area contributed by atoms with Gasteiger partial charge < -0.3 is 9.15 Å². The molecule has 0 spiro atoms. The lowest BCUT2D eigenvalue weighted by Gasteiger charge is -2.10. The molecule has 1 N–H and O–H groups in total. The predicted molar refractivity (Wildman–Crippen MR) is 88.5 cm³/mol. The lowest BCUT2D eigenvalue weighted by atomic mass is 10.1. The Hall–Kier alpha value is -3.15. The Morgan fingerprint density at radius 3 is 2.79 bits per heavy atom. The quantitative estimate of drug-likeness (QED) is 0.784. The van der Waals surface area contributed by atoms with Crippen LogP contribution in [0, 0.1) is 5.82 Å². The van der Waals surface area contributed by atoms with Gasteiger partial charge in [0.15, 0.2) is 5.43 Å². The standard InChI is InChI=1S/C18H14FNO4/c1-2-23-18(22)20-13-8-4-3-6-11(13)16-10-14(21)17-12(19)7-5-9-15(17)24-16/h3-10H,2H2,1H3,(H,20,22). The average Bonchev–Trinajstić information content (AvgIpc) is 2.55. The number of amides is 1. The fraction of sp³-hybridized carbons (Fsp3) is 0.111. The molecule has 1 amide bonds. The van der Waals surface area contributed by atoms with E-state index in [9.17, 15) is 14.0 Å². The maximum absolute atomic E-state index is 13.8. The maximum Gasteiger partial charge on any atom is 0.411 e. The topological polar surface area (TPSA) is 68.5 Å². The second-order valence-electron chi connectivity index (χ2n) is 4.98. The largest absolute Gasteiger partial charge is 0.456 e. The van der Waals surface area contributed by atoms with E-state index in [0.29, 0.717) is 11.3 Å². The van der Waals surface area contributed by atoms with Gasteiger partial charge in [0.2, 0.25) is 0 Å². The van der Waals surface area contributed by atoms with E-state index in [0.717, 1.165) is 0 Å². The number of halogens is 1. The van der Waals surface area contributed by atoms with Crippen molar-refractivity contribution in [1.82, 2.24) is 0 Å². The van der Waals surface area contributed by atoms with Crippen LogP contribution in [-0.4, -0.2) is 12.7 Å². The van der Waals surface area contributed by atoms with Crippen molar-refractivity contribution in [1.29, 1.82) is 0 Å². The van der Waals surface area contributed by atoms with E-state index in [4.69, 9.17) is 9.15 Å². The fourth-order valence-corrected chi connectivity index (χ4v) is 2.38. The molecule has 2 aromatic carbocycles. The molecule has 0 aliphatic heterocycles. The molecule has 1 heterocycles. The summed E-state index contributed by atoms with van der Waals surface area (Å²) in [6.07, 6.45) is -0.612. The Bertz CT molecular complexity index is 965. The zero-order valence-electron chi connectivity index (χ0n) is 12.8. The summed E-state index contributed by atoms with van der Waals surface area (Å²) in [5.41, 5.74) is 0.572. The molecule has 0 aliphatic carbocycles. The third-order valence-electron chi connectivity index (χ3n) is 3.41. The second-order valence-corrected chi connectivity index (χ2v) is 4.98. The molecule has 3 aromatic rings. The van der Waals surface area contributed by atoms with Gasteiger partial charge >= 0.3 is 6.09 Å². The van der Waals surface area contributed by atoms with Crippen molar-refractivity contribution in [2.45, 2.75) is 6.92 Å². The van der Waals surface area contributed by atoms with Gasteiger partial charge in [-0.1, -0.05) is 18.2 Å². The summed E-state index contributed by atoms with van der Waals surface area (Å²) in [4.78, 5) is 23.9. The van der Waals surface area contributed by atoms with E-state index >= 15 is 0 Å². The van der Waals surface area contributed by atoms with Crippen LogP contribution in [0.3, 0.4) is 0 Å². The zero-order valence-corrected chi connectivity index (χ0v) is 12.8. The molecule has 5 nitrogen and oxygen atoms in total. The van der Waals surface area contributed by atoms with Gasteiger partial charge in [0, 0.05) is 11.6 Å². The molecule has 0 saturated carbocycles. The van der Waals surface area contributed by atoms with Crippen molar-refractivity contribution in [2.24, 2.45) is 0 Å². The van der Waals surface area contributed by atoms with Crippen LogP contribution >= 0.6 is 0 Å². The van der Waals surface area contributed by atoms with Crippen molar-refractivity contribution in [2.75, 3.05) is 11.9 Å². The van der Waals surface area contributed by atoms with Crippen LogP contribution in [0.1, 0.15) is 6.92 Å². The molecular weight excluding hydrogens is 313 g/mol. The minimum Gasteiger partial charge on any atom is -0.456 e. The number of nitrogens with one attached hydrogen (secondary N) is 1. The van der Waals surface area contributed by atoms with E-state index < -0.39 is 17.3 Å². The number of fused-ring (bicyclic) bond motifs is 1. The molecule has 0 unspecified atom stereocenters. The summed E-state index contributed by atoms with van der Waals surface area (Å²) < 4.78 is 24.3. The van der Waals surface area contributed by atoms with Gasteiger partial charge in [-0.2, -0.15) is 0 Å². The van der Waals surface area contributed by atoms with Crippen LogP contribution in [0.2, 0.25) is 0 Å². The van der Waals surface area contributed by atoms with Crippen LogP contribution in [0.15, 0.2) is 57.7 Å². The highest BCUT2D eigenvalue weighted by atomic mass is 19.1. The number of para-hydroxylation sites is 1. The minimum atomic E-state index is -0.634. The van der Waals surface area contributed by atoms with Crippen LogP contribution in [-0.2, 0) is 4.74 Å². The summed E-state index contributed by atoms with van der Waals surface area (Å²) in [5, 5.41) is 2.49. The maximum atomic E-state index is 13.8. The van der Waals surface area contributed by atoms with Gasteiger partial charge in [-0.3, -0.25) is 10.1 Å². The third kappa shape index (κ3) is 2.99. The summed E-state index contributed by atoms with van der Waals surface area (Å²) in [5.74, 6) is -0.406. The Morgan fingerprint density at radius 2 is 2.00 bits per heavy atom. The highest BCUT2D eigenvalue weighted by Crippen LogP contribution is 2.29. The van der Waals surface area contributed by atoms with Gasteiger partial charge in [-0.05, 0) is 31.2 Å². The predicted octanol–water partition coefficient (Wildman–Crippen LogP) is 4.17. The van der Waals surface area contributed by atoms with Crippen molar-refractivity contribution < 1.29 is 18.3 Å². The first kappa shape index (κ1) is 15.7. The first-order valence-electron chi connectivity index (χ1n) is 7.35. The zero-order chi connectivity index (χ0) is 17.1. The smallest absolute Gasteiger partial charge is 0.411 e. The molecule has 0 bridgehead atoms. The SMILES string of the molecule is CCOC(=O)Nc1ccccc1-c1cc(=O)c2c(F)cccc2o1. The highest BCUT2D eigenvalue weighted by Gasteiger charge is 2.14. The molecule has 122 valence electrons. The van der Waals surface area contributed by atoms with E-state index in [1.54, 1.807) is 31.2 Å². The van der Waals surface area contributed by atoms with Gasteiger partial charge in [-0.15, -0.1) is 0 Å². The summed E-state index contributed by atoms with van der Waals surface area (Å²) >= 11 is 0. The lowest BCUT2D eigenvalue weighted by Crippen LogP contribution is -2.14. The molecule has 1 aromatic heterocycles. The Kier molecular flexibility index (Phi) is 4.29. The lowest BCUT2D eigenvalue weighted by molar-refractivity contribution is 0.168. The van der Waals surface area contributed by atoms with E-state index in [2.05, 4.69) is 5.32 Å². The Labute approximate surface area is 136 Å². The Balaban J connectivity index is 2.11. The number of anilines is 1. The highest BCUT2D eigenvalue weighted by molar-refractivity contribution is 5.91. The summed E-state index contributed by atoms with van der Waals surface area (Å²) in [6.45, 7) is 1.93. The van der Waals surface area contributed by atoms with Gasteiger partial charge in [0.05, 0.1) is 12.3 Å². The van der Waals surface area contributed by atoms with E-state index in [-0.39, 0.29) is 23.3 Å². The first-order chi connectivity index (χ1) is 11.6. The molecule has 0 saturated heterocycles. The number of rotatable bonds is 3. The first-order valence-corrected chi connectivity index (χ1v) is 7.35. The van der Waals surface area contributed by atoms with E-state index in [1.165, 1.54) is 24.3 Å². The van der Waals surface area contributed by atoms with Crippen LogP contribution in [0.5, 0.6) is 0 Å². The number of carbonyl (C=O) groups excluding carboxylic acids is 1. The molecule has 6 heteroatoms. The van der Waals surface area contributed by atoms with Crippen molar-refractivity contribution in [3.8, 4) is 11.3 Å². The normalized spacial score (nSPS) is 10.6. The molecule has 0 radical (unpaired) electrons. The molecule has 3 rings (SSSR count). The number of ether oxygens (including phenoxy) is 1. The minimum absolute atomic E-state index is 0.0999. The summed E-state index contributed by atoms with van der Waals surface area (Å²) in [6, 6.07) is 12.2. The van der Waals surface area contributed by atoms with Crippen LogP contribution in [0.25, 0.3) is 22.3 Å². The monoisotopic (exact) mass is 327 g/mol. The summed E-state index contributed by atoms with van der Waals surface area (Å²) in [7, 11) is 0. The second kappa shape index (κ2) is 6.54. The molecule has 0 aliphatic rings. The Morgan fingerprint density at radius 1 is 1.21 bits per heavy atom. The number of hydrogen-bond acceptors (Lipinski definition) is 4. The van der Waals surface area contributed by atoms with Gasteiger partial charge in [-0.25, -0.2) is 9.18 Å². The van der Waals surface area contributed by atoms with Crippen molar-refractivity contribution >= 4 is 22.7 Å². The van der Waals surface area contributed by atoms with E-state index in [1.807, 2.05) is 0 Å². The van der Waals surface area contributed by atoms with Gasteiger partial charge in [0.1, 0.15) is 22.5 Å². The van der Waals surface area contributed by atoms with Crippen molar-refractivity contribution in [3.63, 3.8) is 0 Å². The number of benzene rings is 2. The number of carbonyl (C=O) groups is 1. The molecule has 0 atom stereocenters. The fourth-order valence-electron chi connectivity index (χ4n) is 2.38. The van der Waals surface area contributed by atoms with Crippen LogP contribution in [0.4, 0.5) is 14.9 Å². The third-order valence-corrected chi connectivity index (χ3v) is 3.41. The van der Waals surface area contributed by atoms with Crippen molar-refractivity contribution in [3.05, 3.63) is 64.6 Å². The molecular formula is C18H14FNO4. The van der Waals surface area contributed by atoms with Gasteiger partial charge in [0.25, 0.3) is 0 Å². The average molecular weight is 327 g/mol. The number of hydrogen-bond donors (Lipinski definition) is 1. The molecule has 24 heavy (non-hydrogen) atoms. The molecule has 0 fully saturated rings. The van der Waals surface area contributed by atoms with Crippen LogP contribution < -0.4 is 10.7 Å².